The first-order valence-electron chi connectivity index (χ1n) is 10.1. The van der Waals surface area contributed by atoms with E-state index in [1.165, 1.54) is 11.3 Å². The monoisotopic (exact) mass is 428 g/mol. The topological polar surface area (TPSA) is 90.0 Å². The molecule has 1 aromatic carbocycles. The van der Waals surface area contributed by atoms with Gasteiger partial charge in [-0.05, 0) is 37.5 Å². The molecule has 2 aromatic heterocycles. The van der Waals surface area contributed by atoms with E-state index >= 15 is 4.39 Å². The quantitative estimate of drug-likeness (QED) is 0.588. The molecule has 2 saturated heterocycles. The zero-order valence-electron chi connectivity index (χ0n) is 17.2. The number of aromatic hydroxyl groups is 1. The van der Waals surface area contributed by atoms with Gasteiger partial charge in [-0.25, -0.2) is 4.39 Å². The van der Waals surface area contributed by atoms with E-state index in [1.807, 2.05) is 31.0 Å². The summed E-state index contributed by atoms with van der Waals surface area (Å²) in [5.74, 6) is 0.128. The Bertz CT molecular complexity index is 1060. The normalized spacial score (nSPS) is 30.5. The van der Waals surface area contributed by atoms with Crippen LogP contribution in [0.25, 0.3) is 21.7 Å². The number of piperidine rings is 2. The van der Waals surface area contributed by atoms with Crippen LogP contribution in [0.2, 0.25) is 0 Å². The van der Waals surface area contributed by atoms with Crippen molar-refractivity contribution >= 4 is 16.5 Å². The molecule has 3 aliphatic rings. The minimum atomic E-state index is -0.995. The predicted octanol–water partition coefficient (Wildman–Crippen LogP) is 3.61. The first kappa shape index (κ1) is 19.4. The molecular weight excluding hydrogens is 403 g/mol. The number of hydrogen-bond acceptors (Lipinski definition) is 7. The maximum absolute atomic E-state index is 15.5. The summed E-state index contributed by atoms with van der Waals surface area (Å²) in [6, 6.07) is 5.16. The highest BCUT2D eigenvalue weighted by Crippen LogP contribution is 2.50. The Morgan fingerprint density at radius 3 is 2.73 bits per heavy atom. The van der Waals surface area contributed by atoms with E-state index in [9.17, 15) is 5.11 Å². The Morgan fingerprint density at radius 2 is 2.07 bits per heavy atom. The molecule has 0 radical (unpaired) electrons. The Labute approximate surface area is 178 Å². The van der Waals surface area contributed by atoms with Crippen molar-refractivity contribution in [3.8, 4) is 27.4 Å². The molecule has 0 amide bonds. The fourth-order valence-electron chi connectivity index (χ4n) is 4.87. The molecule has 3 aromatic rings. The molecule has 6 rings (SSSR count). The fraction of sp³-hybridized carbons (Fsp3) is 0.476. The van der Waals surface area contributed by atoms with Crippen LogP contribution in [0.3, 0.4) is 0 Å². The third-order valence-corrected chi connectivity index (χ3v) is 7.95. The molecule has 1 aliphatic carbocycles. The van der Waals surface area contributed by atoms with Crippen LogP contribution in [-0.2, 0) is 0 Å². The molecule has 4 atom stereocenters. The minimum Gasteiger partial charge on any atom is -0.507 e. The third kappa shape index (κ3) is 2.91. The van der Waals surface area contributed by atoms with E-state index in [1.54, 1.807) is 18.5 Å². The van der Waals surface area contributed by atoms with Gasteiger partial charge in [0.05, 0.1) is 17.8 Å². The van der Waals surface area contributed by atoms with Crippen molar-refractivity contribution in [3.05, 3.63) is 30.6 Å². The second-order valence-corrected chi connectivity index (χ2v) is 9.95. The molecule has 158 valence electrons. The highest BCUT2D eigenvalue weighted by Gasteiger charge is 2.58. The number of nitrogens with one attached hydrogen (secondary N) is 2. The zero-order valence-corrected chi connectivity index (χ0v) is 18.0. The van der Waals surface area contributed by atoms with Crippen LogP contribution in [0.5, 0.6) is 5.75 Å². The summed E-state index contributed by atoms with van der Waals surface area (Å²) in [7, 11) is 1.90. The smallest absolute Gasteiger partial charge is 0.208 e. The number of aromatic nitrogens is 4. The molecule has 0 spiro atoms. The van der Waals surface area contributed by atoms with E-state index in [-0.39, 0.29) is 17.2 Å². The Morgan fingerprint density at radius 1 is 1.23 bits per heavy atom. The summed E-state index contributed by atoms with van der Waals surface area (Å²) in [5.41, 5.74) is 1.71. The molecule has 3 fully saturated rings. The van der Waals surface area contributed by atoms with Crippen molar-refractivity contribution in [2.75, 3.05) is 18.5 Å². The molecule has 7 nitrogen and oxygen atoms in total. The van der Waals surface area contributed by atoms with E-state index in [0.717, 1.165) is 30.5 Å². The van der Waals surface area contributed by atoms with Crippen LogP contribution in [0.4, 0.5) is 9.52 Å². The zero-order chi connectivity index (χ0) is 21.1. The highest BCUT2D eigenvalue weighted by molar-refractivity contribution is 7.18. The van der Waals surface area contributed by atoms with Gasteiger partial charge in [-0.1, -0.05) is 24.3 Å². The SMILES string of the molecule is CN(c1nnc(-c2ccc(-c3cn[nH]c3)cc2O)s1)[C@H]1C(F)[C@@]2(C)CC[C@]1(C)CN2. The van der Waals surface area contributed by atoms with Gasteiger partial charge in [-0.15, -0.1) is 10.2 Å². The average molecular weight is 429 g/mol. The van der Waals surface area contributed by atoms with E-state index in [0.29, 0.717) is 15.7 Å². The number of hydrogen-bond donors (Lipinski definition) is 3. The van der Waals surface area contributed by atoms with E-state index in [4.69, 9.17) is 0 Å². The number of fused-ring (bicyclic) bond motifs is 3. The van der Waals surface area contributed by atoms with Crippen molar-refractivity contribution in [1.29, 1.82) is 0 Å². The number of nitrogens with zero attached hydrogens (tertiary/aromatic N) is 4. The highest BCUT2D eigenvalue weighted by atomic mass is 32.1. The number of rotatable bonds is 4. The van der Waals surface area contributed by atoms with Crippen LogP contribution >= 0.6 is 11.3 Å². The predicted molar refractivity (Wildman–Crippen MR) is 115 cm³/mol. The van der Waals surface area contributed by atoms with Crippen molar-refractivity contribution in [2.24, 2.45) is 5.41 Å². The molecule has 2 bridgehead atoms. The second kappa shape index (κ2) is 6.75. The molecule has 2 aliphatic heterocycles. The average Bonchev–Trinajstić information content (AvgIpc) is 3.42. The van der Waals surface area contributed by atoms with Gasteiger partial charge in [-0.3, -0.25) is 5.10 Å². The number of phenols is 1. The lowest BCUT2D eigenvalue weighted by Gasteiger charge is -2.59. The van der Waals surface area contributed by atoms with Gasteiger partial charge in [0.1, 0.15) is 11.9 Å². The maximum Gasteiger partial charge on any atom is 0.208 e. The number of aromatic amines is 1. The van der Waals surface area contributed by atoms with Gasteiger partial charge in [0.25, 0.3) is 0 Å². The molecule has 1 unspecified atom stereocenters. The first-order valence-corrected chi connectivity index (χ1v) is 10.9. The maximum atomic E-state index is 15.5. The summed E-state index contributed by atoms with van der Waals surface area (Å²) >= 11 is 1.37. The van der Waals surface area contributed by atoms with Crippen LogP contribution < -0.4 is 10.2 Å². The van der Waals surface area contributed by atoms with E-state index < -0.39 is 11.7 Å². The lowest BCUT2D eigenvalue weighted by atomic mass is 9.60. The van der Waals surface area contributed by atoms with Gasteiger partial charge in [-0.2, -0.15) is 5.10 Å². The Kier molecular flexibility index (Phi) is 4.37. The lowest BCUT2D eigenvalue weighted by molar-refractivity contribution is -0.0409. The first-order chi connectivity index (χ1) is 14.3. The molecule has 1 saturated carbocycles. The van der Waals surface area contributed by atoms with Crippen molar-refractivity contribution < 1.29 is 9.50 Å². The number of benzene rings is 1. The molecular formula is C21H25FN6OS. The van der Waals surface area contributed by atoms with Gasteiger partial charge in [0.2, 0.25) is 5.13 Å². The molecule has 4 heterocycles. The number of phenolic OH excluding ortho intramolecular Hbond substituents is 1. The third-order valence-electron chi connectivity index (χ3n) is 6.90. The lowest BCUT2D eigenvalue weighted by Crippen LogP contribution is -2.74. The number of halogens is 1. The number of H-pyrrole nitrogens is 1. The number of anilines is 1. The Hall–Kier alpha value is -2.52. The standard InChI is InChI=1S/C21H25FN6OS/c1-20-6-7-21(2,23-11-20)16(22)17(20)28(3)19-27-26-18(30-19)14-5-4-12(8-15(14)29)13-9-24-25-10-13/h4-5,8-10,16-17,23,29H,6-7,11H2,1-3H3,(H,24,25)/t16?,17-,20+,21+/m0/s1. The van der Waals surface area contributed by atoms with Crippen LogP contribution in [0.1, 0.15) is 26.7 Å². The van der Waals surface area contributed by atoms with Gasteiger partial charge < -0.3 is 15.3 Å². The molecule has 30 heavy (non-hydrogen) atoms. The van der Waals surface area contributed by atoms with Crippen LogP contribution in [0.15, 0.2) is 30.6 Å². The van der Waals surface area contributed by atoms with Crippen molar-refractivity contribution in [2.45, 2.75) is 44.4 Å². The summed E-state index contributed by atoms with van der Waals surface area (Å²) in [6.45, 7) is 4.91. The second-order valence-electron chi connectivity index (χ2n) is 8.99. The summed E-state index contributed by atoms with van der Waals surface area (Å²) in [5, 5.41) is 30.6. The molecule has 3 N–H and O–H groups in total. The fourth-order valence-corrected chi connectivity index (χ4v) is 5.74. The summed E-state index contributed by atoms with van der Waals surface area (Å²) < 4.78 is 15.5. The summed E-state index contributed by atoms with van der Waals surface area (Å²) in [6.07, 6.45) is 4.30. The van der Waals surface area contributed by atoms with E-state index in [2.05, 4.69) is 32.6 Å². The van der Waals surface area contributed by atoms with Crippen molar-refractivity contribution in [1.82, 2.24) is 25.7 Å². The van der Waals surface area contributed by atoms with Gasteiger partial charge in [0.15, 0.2) is 5.01 Å². The van der Waals surface area contributed by atoms with Gasteiger partial charge >= 0.3 is 0 Å². The number of alkyl halides is 1. The largest absolute Gasteiger partial charge is 0.507 e. The Balaban J connectivity index is 1.43. The van der Waals surface area contributed by atoms with Gasteiger partial charge in [0, 0.05) is 36.3 Å². The van der Waals surface area contributed by atoms with Crippen LogP contribution in [-0.4, -0.2) is 56.8 Å². The molecule has 9 heteroatoms. The minimum absolute atomic E-state index is 0.128. The van der Waals surface area contributed by atoms with Crippen molar-refractivity contribution in [3.63, 3.8) is 0 Å². The van der Waals surface area contributed by atoms with Crippen LogP contribution in [0, 0.1) is 5.41 Å². The summed E-state index contributed by atoms with van der Waals surface area (Å²) in [4.78, 5) is 1.95.